The lowest BCUT2D eigenvalue weighted by Gasteiger charge is -2.03. The second-order valence-corrected chi connectivity index (χ2v) is 4.11. The van der Waals surface area contributed by atoms with Crippen molar-refractivity contribution >= 4 is 17.0 Å². The van der Waals surface area contributed by atoms with Crippen LogP contribution in [0.1, 0.15) is 21.7 Å². The van der Waals surface area contributed by atoms with Gasteiger partial charge in [-0.05, 0) is 19.1 Å². The first-order chi connectivity index (χ1) is 9.24. The van der Waals surface area contributed by atoms with E-state index in [4.69, 9.17) is 4.52 Å². The van der Waals surface area contributed by atoms with Crippen molar-refractivity contribution in [2.24, 2.45) is 0 Å². The standard InChI is InChI=1S/C12H11N5O2/c1-7-10-4-8(5-14-12(10)19-17-7)11(18)13-6-9-2-3-15-16-9/h2-5H,6H2,1H3,(H,13,18)(H,15,16). The number of nitrogens with zero attached hydrogens (tertiary/aromatic N) is 3. The van der Waals surface area contributed by atoms with Crippen LogP contribution in [0.5, 0.6) is 0 Å². The molecule has 7 nitrogen and oxygen atoms in total. The van der Waals surface area contributed by atoms with E-state index in [0.29, 0.717) is 23.5 Å². The third-order valence-electron chi connectivity index (χ3n) is 2.77. The van der Waals surface area contributed by atoms with E-state index in [1.807, 2.05) is 0 Å². The summed E-state index contributed by atoms with van der Waals surface area (Å²) in [5.74, 6) is -0.204. The van der Waals surface area contributed by atoms with Crippen molar-refractivity contribution in [2.75, 3.05) is 0 Å². The molecule has 19 heavy (non-hydrogen) atoms. The summed E-state index contributed by atoms with van der Waals surface area (Å²) >= 11 is 0. The number of rotatable bonds is 3. The second-order valence-electron chi connectivity index (χ2n) is 4.11. The number of fused-ring (bicyclic) bond motifs is 1. The van der Waals surface area contributed by atoms with Crippen LogP contribution in [0.25, 0.3) is 11.1 Å². The molecule has 2 N–H and O–H groups in total. The molecule has 7 heteroatoms. The predicted molar refractivity (Wildman–Crippen MR) is 66.3 cm³/mol. The molecule has 0 fully saturated rings. The third kappa shape index (κ3) is 2.17. The van der Waals surface area contributed by atoms with Gasteiger partial charge in [0.05, 0.1) is 28.9 Å². The Kier molecular flexibility index (Phi) is 2.71. The largest absolute Gasteiger partial charge is 0.346 e. The molecule has 3 rings (SSSR count). The number of aromatic nitrogens is 4. The van der Waals surface area contributed by atoms with Crippen LogP contribution in [0.15, 0.2) is 29.0 Å². The summed E-state index contributed by atoms with van der Waals surface area (Å²) in [7, 11) is 0. The molecule has 0 unspecified atom stereocenters. The number of aryl methyl sites for hydroxylation is 1. The van der Waals surface area contributed by atoms with E-state index in [-0.39, 0.29) is 5.91 Å². The van der Waals surface area contributed by atoms with Gasteiger partial charge in [0.25, 0.3) is 11.6 Å². The van der Waals surface area contributed by atoms with Crippen LogP contribution in [0.2, 0.25) is 0 Å². The molecule has 1 amide bonds. The highest BCUT2D eigenvalue weighted by Crippen LogP contribution is 2.16. The predicted octanol–water partition coefficient (Wildman–Crippen LogP) is 1.18. The zero-order chi connectivity index (χ0) is 13.2. The first-order valence-electron chi connectivity index (χ1n) is 5.72. The number of H-pyrrole nitrogens is 1. The van der Waals surface area contributed by atoms with Crippen LogP contribution in [0.3, 0.4) is 0 Å². The molecular weight excluding hydrogens is 246 g/mol. The fraction of sp³-hybridized carbons (Fsp3) is 0.167. The number of pyridine rings is 1. The zero-order valence-electron chi connectivity index (χ0n) is 10.2. The lowest BCUT2D eigenvalue weighted by atomic mass is 10.2. The Hall–Kier alpha value is -2.70. The molecule has 0 saturated heterocycles. The van der Waals surface area contributed by atoms with Gasteiger partial charge in [-0.25, -0.2) is 4.98 Å². The lowest BCUT2D eigenvalue weighted by molar-refractivity contribution is 0.0950. The van der Waals surface area contributed by atoms with Gasteiger partial charge in [0, 0.05) is 12.4 Å². The van der Waals surface area contributed by atoms with Gasteiger partial charge in [0.1, 0.15) is 0 Å². The highest BCUT2D eigenvalue weighted by atomic mass is 16.5. The summed E-state index contributed by atoms with van der Waals surface area (Å²) in [6.45, 7) is 2.19. The first kappa shape index (κ1) is 11.4. The Labute approximate surface area is 108 Å². The SMILES string of the molecule is Cc1noc2ncc(C(=O)NCc3ccn[nH]3)cc12. The summed E-state index contributed by atoms with van der Waals surface area (Å²) in [6.07, 6.45) is 3.10. The molecule has 0 atom stereocenters. The molecule has 0 bridgehead atoms. The Morgan fingerprint density at radius 3 is 3.21 bits per heavy atom. The van der Waals surface area contributed by atoms with Crippen molar-refractivity contribution in [1.29, 1.82) is 0 Å². The molecule has 0 radical (unpaired) electrons. The van der Waals surface area contributed by atoms with Gasteiger partial charge in [-0.15, -0.1) is 0 Å². The molecule has 0 aliphatic heterocycles. The topological polar surface area (TPSA) is 96.7 Å². The van der Waals surface area contributed by atoms with E-state index in [2.05, 4.69) is 25.7 Å². The quantitative estimate of drug-likeness (QED) is 0.734. The number of nitrogens with one attached hydrogen (secondary N) is 2. The molecule has 0 aliphatic rings. The van der Waals surface area contributed by atoms with Crippen molar-refractivity contribution in [2.45, 2.75) is 13.5 Å². The number of amides is 1. The number of carbonyl (C=O) groups is 1. The normalized spacial score (nSPS) is 10.8. The Morgan fingerprint density at radius 1 is 1.53 bits per heavy atom. The highest BCUT2D eigenvalue weighted by Gasteiger charge is 2.11. The fourth-order valence-electron chi connectivity index (χ4n) is 1.73. The molecule has 0 aliphatic carbocycles. The average Bonchev–Trinajstić information content (AvgIpc) is 3.06. The number of carbonyl (C=O) groups excluding carboxylic acids is 1. The van der Waals surface area contributed by atoms with Crippen LogP contribution >= 0.6 is 0 Å². The van der Waals surface area contributed by atoms with E-state index in [0.717, 1.165) is 11.1 Å². The van der Waals surface area contributed by atoms with Crippen molar-refractivity contribution in [3.63, 3.8) is 0 Å². The van der Waals surface area contributed by atoms with E-state index in [1.165, 1.54) is 6.20 Å². The van der Waals surface area contributed by atoms with Crippen molar-refractivity contribution in [3.05, 3.63) is 41.5 Å². The summed E-state index contributed by atoms with van der Waals surface area (Å²) in [5, 5.41) is 13.9. The Bertz CT molecular complexity index is 717. The summed E-state index contributed by atoms with van der Waals surface area (Å²) in [6, 6.07) is 3.52. The minimum atomic E-state index is -0.204. The molecule has 3 aromatic heterocycles. The van der Waals surface area contributed by atoms with Gasteiger partial charge in [0.15, 0.2) is 0 Å². The number of hydrogen-bond acceptors (Lipinski definition) is 5. The van der Waals surface area contributed by atoms with E-state index in [9.17, 15) is 4.79 Å². The van der Waals surface area contributed by atoms with Crippen LogP contribution < -0.4 is 5.32 Å². The van der Waals surface area contributed by atoms with Crippen LogP contribution in [0.4, 0.5) is 0 Å². The smallest absolute Gasteiger partial charge is 0.257 e. The van der Waals surface area contributed by atoms with Gasteiger partial charge < -0.3 is 9.84 Å². The maximum Gasteiger partial charge on any atom is 0.257 e. The third-order valence-corrected chi connectivity index (χ3v) is 2.77. The zero-order valence-corrected chi connectivity index (χ0v) is 10.2. The number of hydrogen-bond donors (Lipinski definition) is 2. The summed E-state index contributed by atoms with van der Waals surface area (Å²) in [5.41, 5.74) is 2.45. The van der Waals surface area contributed by atoms with Crippen molar-refractivity contribution in [1.82, 2.24) is 25.7 Å². The van der Waals surface area contributed by atoms with Crippen LogP contribution in [-0.2, 0) is 6.54 Å². The van der Waals surface area contributed by atoms with Gasteiger partial charge in [-0.3, -0.25) is 9.89 Å². The molecule has 0 spiro atoms. The second kappa shape index (κ2) is 4.52. The van der Waals surface area contributed by atoms with Crippen LogP contribution in [-0.4, -0.2) is 26.2 Å². The van der Waals surface area contributed by atoms with Gasteiger partial charge in [0.2, 0.25) is 0 Å². The number of aromatic amines is 1. The van der Waals surface area contributed by atoms with Crippen molar-refractivity contribution < 1.29 is 9.32 Å². The molecule has 3 aromatic rings. The average molecular weight is 257 g/mol. The molecule has 0 saturated carbocycles. The molecule has 96 valence electrons. The summed E-state index contributed by atoms with van der Waals surface area (Å²) in [4.78, 5) is 16.0. The van der Waals surface area contributed by atoms with Gasteiger partial charge in [-0.1, -0.05) is 5.16 Å². The monoisotopic (exact) mass is 257 g/mol. The minimum Gasteiger partial charge on any atom is -0.346 e. The van der Waals surface area contributed by atoms with E-state index >= 15 is 0 Å². The first-order valence-corrected chi connectivity index (χ1v) is 5.72. The van der Waals surface area contributed by atoms with Crippen LogP contribution in [0, 0.1) is 6.92 Å². The molecular formula is C12H11N5O2. The van der Waals surface area contributed by atoms with E-state index < -0.39 is 0 Å². The van der Waals surface area contributed by atoms with Crippen molar-refractivity contribution in [3.8, 4) is 0 Å². The molecule has 0 aromatic carbocycles. The maximum atomic E-state index is 12.0. The highest BCUT2D eigenvalue weighted by molar-refractivity contribution is 5.96. The van der Waals surface area contributed by atoms with Gasteiger partial charge in [-0.2, -0.15) is 5.10 Å². The molecule has 3 heterocycles. The van der Waals surface area contributed by atoms with Gasteiger partial charge >= 0.3 is 0 Å². The Balaban J connectivity index is 1.79. The Morgan fingerprint density at radius 2 is 2.42 bits per heavy atom. The lowest BCUT2D eigenvalue weighted by Crippen LogP contribution is -2.23. The summed E-state index contributed by atoms with van der Waals surface area (Å²) < 4.78 is 5.00. The fourth-order valence-corrected chi connectivity index (χ4v) is 1.73. The van der Waals surface area contributed by atoms with E-state index in [1.54, 1.807) is 25.3 Å². The maximum absolute atomic E-state index is 12.0. The minimum absolute atomic E-state index is 0.204.